The Labute approximate surface area is 51.1 Å². The monoisotopic (exact) mass is 156 g/mol. The van der Waals surface area contributed by atoms with Crippen molar-refractivity contribution in [3.05, 3.63) is 0 Å². The third kappa shape index (κ3) is 5.84. The van der Waals surface area contributed by atoms with E-state index in [9.17, 15) is 4.57 Å². The molecule has 7 heteroatoms. The molecule has 8 heavy (non-hydrogen) atoms. The number of nitrogens with two attached hydrogens (primary N) is 1. The zero-order chi connectivity index (χ0) is 6.78. The normalized spacial score (nSPS) is 10.8. The summed E-state index contributed by atoms with van der Waals surface area (Å²) >= 11 is 4.12. The summed E-state index contributed by atoms with van der Waals surface area (Å²) in [5.41, 5.74) is 4.71. The lowest BCUT2D eigenvalue weighted by Gasteiger charge is -2.02. The van der Waals surface area contributed by atoms with Crippen LogP contribution >= 0.6 is 20.0 Å². The SMILES string of the molecule is NC(=S)NP(=O)(O)O. The highest BCUT2D eigenvalue weighted by atomic mass is 32.1. The van der Waals surface area contributed by atoms with Gasteiger partial charge in [-0.3, -0.25) is 5.09 Å². The average molecular weight is 156 g/mol. The van der Waals surface area contributed by atoms with Gasteiger partial charge in [0.1, 0.15) is 0 Å². The van der Waals surface area contributed by atoms with E-state index < -0.39 is 12.9 Å². The maximum absolute atomic E-state index is 9.86. The second-order valence-corrected chi connectivity index (χ2v) is 2.77. The first-order valence-corrected chi connectivity index (χ1v) is 3.57. The largest absolute Gasteiger partial charge is 0.429 e. The van der Waals surface area contributed by atoms with Crippen molar-refractivity contribution in [2.24, 2.45) is 5.73 Å². The summed E-state index contributed by atoms with van der Waals surface area (Å²) in [5.74, 6) is 0. The Balaban J connectivity index is 3.74. The molecular weight excluding hydrogens is 151 g/mol. The molecule has 0 atom stereocenters. The van der Waals surface area contributed by atoms with Crippen molar-refractivity contribution < 1.29 is 14.4 Å². The van der Waals surface area contributed by atoms with E-state index in [0.717, 1.165) is 0 Å². The van der Waals surface area contributed by atoms with E-state index >= 15 is 0 Å². The van der Waals surface area contributed by atoms with E-state index in [1.165, 1.54) is 0 Å². The molecule has 48 valence electrons. The molecule has 0 saturated carbocycles. The minimum absolute atomic E-state index is 0.404. The number of thiocarbonyl (C=S) groups is 1. The number of hydrogen-bond donors (Lipinski definition) is 4. The molecule has 0 rings (SSSR count). The van der Waals surface area contributed by atoms with Crippen LogP contribution in [0.15, 0.2) is 0 Å². The van der Waals surface area contributed by atoms with Gasteiger partial charge in [-0.2, -0.15) is 0 Å². The van der Waals surface area contributed by atoms with Crippen LogP contribution in [0, 0.1) is 0 Å². The predicted octanol–water partition coefficient (Wildman–Crippen LogP) is -1.09. The van der Waals surface area contributed by atoms with E-state index in [1.807, 2.05) is 0 Å². The van der Waals surface area contributed by atoms with Gasteiger partial charge in [-0.1, -0.05) is 0 Å². The van der Waals surface area contributed by atoms with Gasteiger partial charge in [0.15, 0.2) is 5.11 Å². The molecule has 0 saturated heterocycles. The minimum atomic E-state index is -4.24. The summed E-state index contributed by atoms with van der Waals surface area (Å²) in [4.78, 5) is 16.0. The molecule has 0 amide bonds. The van der Waals surface area contributed by atoms with Crippen molar-refractivity contribution >= 4 is 25.1 Å². The van der Waals surface area contributed by atoms with Crippen molar-refractivity contribution in [3.8, 4) is 0 Å². The van der Waals surface area contributed by atoms with Crippen molar-refractivity contribution in [2.75, 3.05) is 0 Å². The van der Waals surface area contributed by atoms with Crippen LogP contribution in [0.5, 0.6) is 0 Å². The van der Waals surface area contributed by atoms with Gasteiger partial charge in [0.25, 0.3) is 0 Å². The highest BCUT2D eigenvalue weighted by Crippen LogP contribution is 2.26. The summed E-state index contributed by atoms with van der Waals surface area (Å²) in [6, 6.07) is 0. The Bertz CT molecular complexity index is 140. The Morgan fingerprint density at radius 3 is 2.12 bits per heavy atom. The molecule has 0 aromatic carbocycles. The molecule has 0 bridgehead atoms. The molecular formula is CH5N2O3PS. The fourth-order valence-corrected chi connectivity index (χ4v) is 0.787. The smallest absolute Gasteiger partial charge is 0.376 e. The Kier molecular flexibility index (Phi) is 2.36. The van der Waals surface area contributed by atoms with Crippen LogP contribution in [-0.2, 0) is 4.57 Å². The van der Waals surface area contributed by atoms with Crippen molar-refractivity contribution in [1.82, 2.24) is 5.09 Å². The third-order valence-corrected chi connectivity index (χ3v) is 1.04. The van der Waals surface area contributed by atoms with Crippen LogP contribution in [0.25, 0.3) is 0 Å². The molecule has 0 aliphatic rings. The lowest BCUT2D eigenvalue weighted by Crippen LogP contribution is -2.25. The first kappa shape index (κ1) is 7.84. The molecule has 5 nitrogen and oxygen atoms in total. The molecule has 0 radical (unpaired) electrons. The standard InChI is InChI=1S/CH5N2O3PS/c2-1(8)3-7(4,5)6/h(H5,2,3,4,5,6,8). The first-order chi connectivity index (χ1) is 3.42. The van der Waals surface area contributed by atoms with Gasteiger partial charge in [-0.25, -0.2) is 4.57 Å². The molecule has 0 aromatic rings. The summed E-state index contributed by atoms with van der Waals surface area (Å²) in [5, 5.41) is 1.15. The number of nitrogens with one attached hydrogen (secondary N) is 1. The third-order valence-electron chi connectivity index (χ3n) is 0.256. The zero-order valence-corrected chi connectivity index (χ0v) is 5.45. The Morgan fingerprint density at radius 2 is 2.12 bits per heavy atom. The van der Waals surface area contributed by atoms with E-state index in [0.29, 0.717) is 0 Å². The quantitative estimate of drug-likeness (QED) is 0.284. The van der Waals surface area contributed by atoms with Crippen molar-refractivity contribution in [3.63, 3.8) is 0 Å². The average Bonchev–Trinajstić information content (AvgIpc) is 1.21. The predicted molar refractivity (Wildman–Crippen MR) is 32.0 cm³/mol. The molecule has 0 aliphatic heterocycles. The second-order valence-electron chi connectivity index (χ2n) is 1.02. The van der Waals surface area contributed by atoms with Gasteiger partial charge in [0.2, 0.25) is 0 Å². The fourth-order valence-electron chi connectivity index (χ4n) is 0.144. The van der Waals surface area contributed by atoms with Crippen LogP contribution in [-0.4, -0.2) is 14.9 Å². The highest BCUT2D eigenvalue weighted by Gasteiger charge is 2.10. The molecule has 5 N–H and O–H groups in total. The van der Waals surface area contributed by atoms with Crippen LogP contribution in [0.4, 0.5) is 0 Å². The van der Waals surface area contributed by atoms with E-state index in [1.54, 1.807) is 5.09 Å². The van der Waals surface area contributed by atoms with E-state index in [2.05, 4.69) is 12.2 Å². The molecule has 0 fully saturated rings. The van der Waals surface area contributed by atoms with Crippen LogP contribution in [0.1, 0.15) is 0 Å². The van der Waals surface area contributed by atoms with Gasteiger partial charge in [-0.15, -0.1) is 0 Å². The zero-order valence-electron chi connectivity index (χ0n) is 3.74. The second kappa shape index (κ2) is 2.41. The maximum Gasteiger partial charge on any atom is 0.429 e. The topological polar surface area (TPSA) is 95.6 Å². The fraction of sp³-hybridized carbons (Fsp3) is 0. The van der Waals surface area contributed by atoms with Gasteiger partial charge in [0.05, 0.1) is 0 Å². The van der Waals surface area contributed by atoms with Crippen molar-refractivity contribution in [2.45, 2.75) is 0 Å². The maximum atomic E-state index is 9.86. The lowest BCUT2D eigenvalue weighted by molar-refractivity contribution is 0.367. The highest BCUT2D eigenvalue weighted by molar-refractivity contribution is 7.80. The molecule has 0 heterocycles. The van der Waals surface area contributed by atoms with Crippen LogP contribution < -0.4 is 10.8 Å². The van der Waals surface area contributed by atoms with E-state index in [-0.39, 0.29) is 0 Å². The molecule has 0 spiro atoms. The summed E-state index contributed by atoms with van der Waals surface area (Å²) in [7, 11) is -4.24. The molecule has 0 unspecified atom stereocenters. The molecule has 0 aromatic heterocycles. The number of hydrogen-bond acceptors (Lipinski definition) is 2. The van der Waals surface area contributed by atoms with Crippen molar-refractivity contribution in [1.29, 1.82) is 0 Å². The van der Waals surface area contributed by atoms with Gasteiger partial charge >= 0.3 is 7.75 Å². The van der Waals surface area contributed by atoms with Gasteiger partial charge < -0.3 is 15.5 Å². The van der Waals surface area contributed by atoms with E-state index in [4.69, 9.17) is 15.5 Å². The molecule has 0 aliphatic carbocycles. The summed E-state index contributed by atoms with van der Waals surface area (Å²) in [6.07, 6.45) is 0. The van der Waals surface area contributed by atoms with Crippen LogP contribution in [0.3, 0.4) is 0 Å². The summed E-state index contributed by atoms with van der Waals surface area (Å²) < 4.78 is 9.86. The first-order valence-electron chi connectivity index (χ1n) is 1.55. The Hall–Kier alpha value is -0.160. The minimum Gasteiger partial charge on any atom is -0.376 e. The van der Waals surface area contributed by atoms with Gasteiger partial charge in [-0.05, 0) is 12.2 Å². The lowest BCUT2D eigenvalue weighted by atomic mass is 11.3. The summed E-state index contributed by atoms with van der Waals surface area (Å²) in [6.45, 7) is 0. The number of rotatable bonds is 1. The Morgan fingerprint density at radius 1 is 1.75 bits per heavy atom. The van der Waals surface area contributed by atoms with Crippen LogP contribution in [0.2, 0.25) is 0 Å². The van der Waals surface area contributed by atoms with Gasteiger partial charge in [0, 0.05) is 0 Å².